The van der Waals surface area contributed by atoms with Crippen molar-refractivity contribution in [2.75, 3.05) is 6.54 Å². The van der Waals surface area contributed by atoms with Gasteiger partial charge in [0.05, 0.1) is 18.0 Å². The lowest BCUT2D eigenvalue weighted by molar-refractivity contribution is -0.142. The van der Waals surface area contributed by atoms with Crippen molar-refractivity contribution in [3.8, 4) is 0 Å². The number of benzene rings is 2. The van der Waals surface area contributed by atoms with Gasteiger partial charge in [-0.15, -0.1) is 0 Å². The highest BCUT2D eigenvalue weighted by atomic mass is 35.5. The number of carboxylic acids is 1. The van der Waals surface area contributed by atoms with E-state index >= 15 is 0 Å². The third-order valence-electron chi connectivity index (χ3n) is 4.48. The Morgan fingerprint density at radius 2 is 1.59 bits per heavy atom. The van der Waals surface area contributed by atoms with E-state index in [1.54, 1.807) is 0 Å². The van der Waals surface area contributed by atoms with E-state index in [1.807, 2.05) is 0 Å². The van der Waals surface area contributed by atoms with Gasteiger partial charge in [0.2, 0.25) is 0 Å². The predicted octanol–water partition coefficient (Wildman–Crippen LogP) is 4.54. The summed E-state index contributed by atoms with van der Waals surface area (Å²) in [7, 11) is 0. The Labute approximate surface area is 180 Å². The molecule has 0 bridgehead atoms. The molecule has 1 atom stereocenters. The zero-order chi connectivity index (χ0) is 21.3. The fourth-order valence-corrected chi connectivity index (χ4v) is 3.77. The second-order valence-corrected chi connectivity index (χ2v) is 7.59. The Bertz CT molecular complexity index is 1030. The van der Waals surface area contributed by atoms with Crippen LogP contribution in [0, 0.1) is 0 Å². The molecule has 3 rings (SSSR count). The van der Waals surface area contributed by atoms with Crippen LogP contribution in [0.15, 0.2) is 48.0 Å². The number of hydrogen-bond donors (Lipinski definition) is 2. The van der Waals surface area contributed by atoms with E-state index < -0.39 is 29.5 Å². The van der Waals surface area contributed by atoms with Crippen molar-refractivity contribution < 1.29 is 24.6 Å². The monoisotopic (exact) mass is 453 g/mol. The Balaban J connectivity index is 2.19. The Kier molecular flexibility index (Phi) is 6.17. The summed E-state index contributed by atoms with van der Waals surface area (Å²) < 4.78 is 0. The van der Waals surface area contributed by atoms with Crippen LogP contribution in [0.5, 0.6) is 0 Å². The molecule has 2 aromatic rings. The van der Waals surface area contributed by atoms with Crippen LogP contribution in [0.1, 0.15) is 23.6 Å². The first-order chi connectivity index (χ1) is 13.7. The van der Waals surface area contributed by atoms with E-state index in [0.29, 0.717) is 15.6 Å². The molecule has 9 heteroatoms. The molecule has 1 fully saturated rings. The molecule has 150 valence electrons. The van der Waals surface area contributed by atoms with E-state index in [1.165, 1.54) is 42.5 Å². The number of carboxylic acid groups (broad SMARTS) is 1. The molecular formula is C20H14Cl3NO5. The van der Waals surface area contributed by atoms with Gasteiger partial charge < -0.3 is 15.1 Å². The van der Waals surface area contributed by atoms with Gasteiger partial charge >= 0.3 is 5.97 Å². The van der Waals surface area contributed by atoms with Gasteiger partial charge in [0.25, 0.3) is 11.7 Å². The molecule has 0 unspecified atom stereocenters. The average molecular weight is 455 g/mol. The average Bonchev–Trinajstić information content (AvgIpc) is 2.91. The fraction of sp³-hybridized carbons (Fsp3) is 0.150. The van der Waals surface area contributed by atoms with Gasteiger partial charge in [0.15, 0.2) is 0 Å². The van der Waals surface area contributed by atoms with Crippen molar-refractivity contribution in [2.45, 2.75) is 12.5 Å². The summed E-state index contributed by atoms with van der Waals surface area (Å²) in [6.07, 6.45) is -0.379. The number of aliphatic hydroxyl groups excluding tert-OH is 1. The second kappa shape index (κ2) is 8.45. The molecule has 0 saturated carbocycles. The number of Topliss-reactive ketones (excluding diaryl/α,β-unsaturated/α-hetero) is 1. The molecule has 6 nitrogen and oxygen atoms in total. The second-order valence-electron chi connectivity index (χ2n) is 6.31. The van der Waals surface area contributed by atoms with Gasteiger partial charge in [0.1, 0.15) is 5.76 Å². The number of amides is 1. The van der Waals surface area contributed by atoms with Crippen molar-refractivity contribution in [2.24, 2.45) is 0 Å². The van der Waals surface area contributed by atoms with Crippen molar-refractivity contribution in [1.82, 2.24) is 4.90 Å². The van der Waals surface area contributed by atoms with Crippen molar-refractivity contribution in [3.05, 3.63) is 74.2 Å². The minimum absolute atomic E-state index is 0.173. The first kappa shape index (κ1) is 21.2. The standard InChI is InChI=1S/C20H14Cl3NO5/c21-11-3-1-10(2-4-11)18(27)16-17(13-6-5-12(22)9-14(13)23)24(8-7-15(25)26)20(29)19(16)28/h1-6,9,17,27H,7-8H2,(H,25,26)/b18-16+/t17-/m1/s1. The first-order valence-corrected chi connectivity index (χ1v) is 9.55. The summed E-state index contributed by atoms with van der Waals surface area (Å²) in [5.41, 5.74) is 0.434. The van der Waals surface area contributed by atoms with Gasteiger partial charge in [-0.25, -0.2) is 0 Å². The van der Waals surface area contributed by atoms with E-state index in [4.69, 9.17) is 39.9 Å². The number of hydrogen-bond acceptors (Lipinski definition) is 4. The summed E-state index contributed by atoms with van der Waals surface area (Å²) in [5.74, 6) is -3.39. The smallest absolute Gasteiger partial charge is 0.305 e. The van der Waals surface area contributed by atoms with Gasteiger partial charge in [-0.2, -0.15) is 0 Å². The van der Waals surface area contributed by atoms with Crippen LogP contribution < -0.4 is 0 Å². The van der Waals surface area contributed by atoms with E-state index in [2.05, 4.69) is 0 Å². The van der Waals surface area contributed by atoms with Gasteiger partial charge in [0, 0.05) is 27.2 Å². The maximum absolute atomic E-state index is 12.8. The highest BCUT2D eigenvalue weighted by molar-refractivity contribution is 6.47. The van der Waals surface area contributed by atoms with Crippen LogP contribution in [-0.4, -0.2) is 39.3 Å². The molecule has 1 heterocycles. The van der Waals surface area contributed by atoms with Gasteiger partial charge in [-0.1, -0.05) is 40.9 Å². The Morgan fingerprint density at radius 1 is 0.966 bits per heavy atom. The number of aliphatic hydroxyl groups is 1. The predicted molar refractivity (Wildman–Crippen MR) is 109 cm³/mol. The number of aliphatic carboxylic acids is 1. The lowest BCUT2D eigenvalue weighted by Crippen LogP contribution is -2.32. The van der Waals surface area contributed by atoms with Crippen LogP contribution in [0.2, 0.25) is 15.1 Å². The summed E-state index contributed by atoms with van der Waals surface area (Å²) in [4.78, 5) is 37.5. The van der Waals surface area contributed by atoms with E-state index in [-0.39, 0.29) is 29.1 Å². The number of ketones is 1. The highest BCUT2D eigenvalue weighted by Gasteiger charge is 2.46. The zero-order valence-corrected chi connectivity index (χ0v) is 17.0. The number of halogens is 3. The molecule has 1 saturated heterocycles. The molecule has 1 aliphatic rings. The van der Waals surface area contributed by atoms with Crippen LogP contribution in [0.4, 0.5) is 0 Å². The SMILES string of the molecule is O=C(O)CCN1C(=O)C(=O)/C(=C(/O)c2ccc(Cl)cc2)[C@H]1c1ccc(Cl)cc1Cl. The summed E-state index contributed by atoms with van der Waals surface area (Å²) in [6, 6.07) is 9.51. The zero-order valence-electron chi connectivity index (χ0n) is 14.7. The van der Waals surface area contributed by atoms with Gasteiger partial charge in [-0.3, -0.25) is 14.4 Å². The summed E-state index contributed by atoms with van der Waals surface area (Å²) >= 11 is 18.1. The first-order valence-electron chi connectivity index (χ1n) is 8.41. The van der Waals surface area contributed by atoms with Crippen molar-refractivity contribution in [3.63, 3.8) is 0 Å². The fourth-order valence-electron chi connectivity index (χ4n) is 3.14. The number of carbonyl (C=O) groups excluding carboxylic acids is 2. The molecule has 29 heavy (non-hydrogen) atoms. The minimum atomic E-state index is -1.13. The normalized spacial score (nSPS) is 18.3. The molecular weight excluding hydrogens is 441 g/mol. The van der Waals surface area contributed by atoms with E-state index in [0.717, 1.165) is 4.90 Å². The number of likely N-dealkylation sites (tertiary alicyclic amines) is 1. The minimum Gasteiger partial charge on any atom is -0.507 e. The molecule has 0 aromatic heterocycles. The number of carbonyl (C=O) groups is 3. The summed E-state index contributed by atoms with van der Waals surface area (Å²) in [5, 5.41) is 20.8. The number of rotatable bonds is 5. The molecule has 0 aliphatic carbocycles. The van der Waals surface area contributed by atoms with Crippen LogP contribution in [0.3, 0.4) is 0 Å². The molecule has 1 amide bonds. The molecule has 2 N–H and O–H groups in total. The lowest BCUT2D eigenvalue weighted by Gasteiger charge is -2.25. The Hall–Kier alpha value is -2.54. The van der Waals surface area contributed by atoms with Crippen LogP contribution in [0.25, 0.3) is 5.76 Å². The van der Waals surface area contributed by atoms with Gasteiger partial charge in [-0.05, 0) is 42.0 Å². The maximum atomic E-state index is 12.8. The quantitative estimate of drug-likeness (QED) is 0.393. The highest BCUT2D eigenvalue weighted by Crippen LogP contribution is 2.42. The van der Waals surface area contributed by atoms with Crippen molar-refractivity contribution in [1.29, 1.82) is 0 Å². The third-order valence-corrected chi connectivity index (χ3v) is 5.30. The molecule has 0 radical (unpaired) electrons. The van der Waals surface area contributed by atoms with E-state index in [9.17, 15) is 19.5 Å². The third kappa shape index (κ3) is 4.24. The number of nitrogens with zero attached hydrogens (tertiary/aromatic N) is 1. The lowest BCUT2D eigenvalue weighted by atomic mass is 9.95. The topological polar surface area (TPSA) is 94.9 Å². The summed E-state index contributed by atoms with van der Waals surface area (Å²) in [6.45, 7) is -0.235. The van der Waals surface area contributed by atoms with Crippen LogP contribution in [-0.2, 0) is 14.4 Å². The molecule has 2 aromatic carbocycles. The largest absolute Gasteiger partial charge is 0.507 e. The Morgan fingerprint density at radius 3 is 2.17 bits per heavy atom. The van der Waals surface area contributed by atoms with Crippen molar-refractivity contribution >= 4 is 58.2 Å². The van der Waals surface area contributed by atoms with Crippen LogP contribution >= 0.6 is 34.8 Å². The molecule has 1 aliphatic heterocycles. The molecule has 0 spiro atoms. The maximum Gasteiger partial charge on any atom is 0.305 e.